The summed E-state index contributed by atoms with van der Waals surface area (Å²) in [7, 11) is 3.70. The first-order chi connectivity index (χ1) is 25.2. The summed E-state index contributed by atoms with van der Waals surface area (Å²) in [5.41, 5.74) is 3.54. The minimum absolute atomic E-state index is 0.183. The van der Waals surface area contributed by atoms with Crippen LogP contribution in [0, 0.1) is 6.20 Å². The van der Waals surface area contributed by atoms with Gasteiger partial charge in [-0.3, -0.25) is 0 Å². The van der Waals surface area contributed by atoms with Crippen LogP contribution in [0.3, 0.4) is 0 Å². The number of hydrogen-bond donors (Lipinski definition) is 0. The molecule has 3 heterocycles. The van der Waals surface area contributed by atoms with Crippen molar-refractivity contribution in [3.63, 3.8) is 0 Å². The second-order valence-electron chi connectivity index (χ2n) is 17.9. The molecule has 0 N–H and O–H groups in total. The van der Waals surface area contributed by atoms with Crippen LogP contribution in [-0.2, 0) is 48.1 Å². The molecule has 0 fully saturated rings. The number of anilines is 4. The first-order valence-electron chi connectivity index (χ1n) is 18.0. The number of halogens is 6. The molecule has 0 spiro atoms. The molecule has 3 aromatic rings. The Hall–Kier alpha value is -3.86. The van der Waals surface area contributed by atoms with Crippen LogP contribution in [-0.4, -0.2) is 45.3 Å². The van der Waals surface area contributed by atoms with Gasteiger partial charge in [-0.25, -0.2) is 0 Å². The Morgan fingerprint density at radius 3 is 1.57 bits per heavy atom. The molecule has 0 radical (unpaired) electrons. The molecule has 0 unspecified atom stereocenters. The fourth-order valence-electron chi connectivity index (χ4n) is 5.41. The van der Waals surface area contributed by atoms with Crippen molar-refractivity contribution in [3.8, 4) is 0 Å². The first-order valence-corrected chi connectivity index (χ1v) is 19.3. The van der Waals surface area contributed by atoms with E-state index in [2.05, 4.69) is 154 Å². The zero-order chi connectivity index (χ0) is 43.0. The van der Waals surface area contributed by atoms with Crippen LogP contribution < -0.4 is 20.1 Å². The Labute approximate surface area is 338 Å². The van der Waals surface area contributed by atoms with Crippen LogP contribution in [0.15, 0.2) is 58.7 Å². The van der Waals surface area contributed by atoms with Crippen molar-refractivity contribution >= 4 is 39.5 Å². The van der Waals surface area contributed by atoms with Gasteiger partial charge in [-0.15, -0.1) is 0 Å². The number of allylic oxidation sites excluding steroid dienone is 1. The second-order valence-corrected chi connectivity index (χ2v) is 18.7. The van der Waals surface area contributed by atoms with E-state index >= 15 is 0 Å². The van der Waals surface area contributed by atoms with Gasteiger partial charge in [-0.2, -0.15) is 31.4 Å². The zero-order valence-corrected chi connectivity index (χ0v) is 37.3. The summed E-state index contributed by atoms with van der Waals surface area (Å²) in [4.78, 5) is 7.35. The van der Waals surface area contributed by atoms with E-state index in [1.165, 1.54) is 4.68 Å². The van der Waals surface area contributed by atoms with Crippen molar-refractivity contribution in [2.24, 2.45) is 17.3 Å². The predicted octanol–water partition coefficient (Wildman–Crippen LogP) is 10.4. The van der Waals surface area contributed by atoms with Crippen LogP contribution in [0.5, 0.6) is 0 Å². The third kappa shape index (κ3) is 12.3. The molecule has 0 atom stereocenters. The molecule has 0 amide bonds. The SMILES string of the molecule is CC(F)(F)F.CN(/N=C\[CH]=[Pt])c1cc(C(C)(C)C)cc(N(c2cc(C(C)(C)C)cc(C(C)(C)C)c2)c2cc(C(C)(C)C)c/c(=[N+]3/[C-]=CC(C(F)(F)F)=N3)n2C)n1. The van der Waals surface area contributed by atoms with Crippen LogP contribution in [0.2, 0.25) is 0 Å². The Balaban J connectivity index is 0.00000158. The summed E-state index contributed by atoms with van der Waals surface area (Å²) < 4.78 is 77.3. The molecule has 0 bridgehead atoms. The molecule has 7 nitrogen and oxygen atoms in total. The van der Waals surface area contributed by atoms with Crippen LogP contribution in [0.25, 0.3) is 0 Å². The number of aromatic nitrogens is 2. The van der Waals surface area contributed by atoms with Crippen LogP contribution in [0.1, 0.15) is 112 Å². The molecule has 1 aliphatic rings. The van der Waals surface area contributed by atoms with E-state index in [-0.39, 0.29) is 28.6 Å². The van der Waals surface area contributed by atoms with Gasteiger partial charge in [0, 0.05) is 13.1 Å². The summed E-state index contributed by atoms with van der Waals surface area (Å²) in [6.07, 6.45) is -3.28. The first kappa shape index (κ1) is 46.5. The summed E-state index contributed by atoms with van der Waals surface area (Å²) in [6, 6.07) is 14.8. The normalized spacial score (nSPS) is 15.2. The van der Waals surface area contributed by atoms with Crippen molar-refractivity contribution in [1.29, 1.82) is 0 Å². The Kier molecular flexibility index (Phi) is 13.7. The average molecular weight is 967 g/mol. The van der Waals surface area contributed by atoms with Crippen molar-refractivity contribution < 1.29 is 45.7 Å². The second kappa shape index (κ2) is 16.5. The van der Waals surface area contributed by atoms with E-state index in [0.717, 1.165) is 34.0 Å². The van der Waals surface area contributed by atoms with Crippen LogP contribution >= 0.6 is 0 Å². The molecular weight excluding hydrogens is 912 g/mol. The molecule has 4 rings (SSSR count). The van der Waals surface area contributed by atoms with Gasteiger partial charge in [0.25, 0.3) is 0 Å². The number of nitrogens with zero attached hydrogens (tertiary/aromatic N) is 7. The van der Waals surface area contributed by atoms with Gasteiger partial charge < -0.3 is 0 Å². The minimum atomic E-state index is -4.61. The zero-order valence-electron chi connectivity index (χ0n) is 35.0. The number of hydrazone groups is 2. The third-order valence-electron chi connectivity index (χ3n) is 8.81. The van der Waals surface area contributed by atoms with Gasteiger partial charge in [0.1, 0.15) is 0 Å². The summed E-state index contributed by atoms with van der Waals surface area (Å²) in [5.74, 6) is 1.97. The quantitative estimate of drug-likeness (QED) is 0.0813. The number of rotatable bonds is 6. The topological polar surface area (TPSA) is 52.0 Å². The summed E-state index contributed by atoms with van der Waals surface area (Å²) >= 11 is 2.12. The molecule has 56 heavy (non-hydrogen) atoms. The molecule has 1 aromatic carbocycles. The van der Waals surface area contributed by atoms with Gasteiger partial charge in [0.15, 0.2) is 0 Å². The molecule has 0 aliphatic carbocycles. The molecule has 1 aliphatic heterocycles. The van der Waals surface area contributed by atoms with Gasteiger partial charge >= 0.3 is 221 Å². The third-order valence-corrected chi connectivity index (χ3v) is 9.15. The van der Waals surface area contributed by atoms with E-state index < -0.39 is 18.1 Å². The summed E-state index contributed by atoms with van der Waals surface area (Å²) in [6.45, 7) is 26.1. The van der Waals surface area contributed by atoms with Crippen molar-refractivity contribution in [3.05, 3.63) is 82.5 Å². The number of pyridine rings is 2. The molecule has 0 saturated carbocycles. The molecular formula is C42H55F6N7Pt. The molecule has 0 saturated heterocycles. The van der Waals surface area contributed by atoms with E-state index in [9.17, 15) is 26.3 Å². The fourth-order valence-corrected chi connectivity index (χ4v) is 5.56. The Bertz CT molecular complexity index is 2040. The van der Waals surface area contributed by atoms with Crippen LogP contribution in [0.4, 0.5) is 49.5 Å². The maximum absolute atomic E-state index is 13.8. The van der Waals surface area contributed by atoms with Crippen molar-refractivity contribution in [1.82, 2.24) is 14.2 Å². The molecule has 310 valence electrons. The fraction of sp³-hybridized carbons (Fsp3) is 0.500. The van der Waals surface area contributed by atoms with Gasteiger partial charge in [0.2, 0.25) is 0 Å². The van der Waals surface area contributed by atoms with E-state index in [0.29, 0.717) is 22.9 Å². The van der Waals surface area contributed by atoms with E-state index in [4.69, 9.17) is 4.98 Å². The summed E-state index contributed by atoms with van der Waals surface area (Å²) in [5, 5.41) is 10.3. The number of hydrogen-bond acceptors (Lipinski definition) is 5. The molecule has 14 heteroatoms. The maximum atomic E-state index is 13.8. The van der Waals surface area contributed by atoms with Gasteiger partial charge in [-0.05, 0) is 0 Å². The van der Waals surface area contributed by atoms with E-state index in [1.807, 2.05) is 35.2 Å². The predicted molar refractivity (Wildman–Crippen MR) is 214 cm³/mol. The Morgan fingerprint density at radius 1 is 0.696 bits per heavy atom. The van der Waals surface area contributed by atoms with Gasteiger partial charge in [0.05, 0.1) is 5.71 Å². The standard InChI is InChI=1S/C40H52F3N7.C2H3F3.Pt/c1-16-44-48(15)32-22-28(38(8,9)10)23-33(45-32)50(30-20-26(36(2,3)4)19-27(21-30)37(5,6)7)35-25-29(39(11,12)13)24-34(47(35)14)49-18-17-31(46-49)40(41,42)43;1-2(3,4)5;/h1,16-17,19-25H,2-15H3;1H3;/b44-16-;;. The average Bonchev–Trinajstić information content (AvgIpc) is 3.53. The Morgan fingerprint density at radius 2 is 1.14 bits per heavy atom. The van der Waals surface area contributed by atoms with Crippen molar-refractivity contribution in [2.45, 2.75) is 124 Å². The molecule has 2 aromatic heterocycles. The van der Waals surface area contributed by atoms with E-state index in [1.54, 1.807) is 11.2 Å². The number of benzene rings is 1. The van der Waals surface area contributed by atoms with Gasteiger partial charge in [-0.1, -0.05) is 68.4 Å². The monoisotopic (exact) mass is 966 g/mol. The number of alkyl halides is 6. The van der Waals surface area contributed by atoms with Crippen molar-refractivity contribution in [2.75, 3.05) is 17.0 Å².